The van der Waals surface area contributed by atoms with Crippen molar-refractivity contribution in [3.05, 3.63) is 82.6 Å². The molecule has 2 aromatic carbocycles. The summed E-state index contributed by atoms with van der Waals surface area (Å²) in [4.78, 5) is 17.7. The SMILES string of the molecule is CCSC1=NN2C(=c3ccccc3=NC2c2ccc(-c3cccc(C(F)(F)F)c3)o2)C(=O)N1. The zero-order valence-electron chi connectivity index (χ0n) is 17.3. The summed E-state index contributed by atoms with van der Waals surface area (Å²) in [6, 6.07) is 15.4. The number of hydrazone groups is 1. The fraction of sp³-hybridized carbons (Fsp3) is 0.174. The van der Waals surface area contributed by atoms with Gasteiger partial charge in [0.25, 0.3) is 5.91 Å². The number of amidine groups is 1. The number of furan rings is 1. The summed E-state index contributed by atoms with van der Waals surface area (Å²) in [5, 5.41) is 10.6. The third-order valence-corrected chi connectivity index (χ3v) is 5.90. The van der Waals surface area contributed by atoms with E-state index in [0.717, 1.165) is 12.1 Å². The van der Waals surface area contributed by atoms with Crippen molar-refractivity contribution < 1.29 is 22.4 Å². The van der Waals surface area contributed by atoms with Crippen LogP contribution < -0.4 is 15.9 Å². The lowest BCUT2D eigenvalue weighted by Gasteiger charge is -2.32. The number of hydrogen-bond acceptors (Lipinski definition) is 6. The van der Waals surface area contributed by atoms with Crippen LogP contribution in [0.2, 0.25) is 0 Å². The van der Waals surface area contributed by atoms with Crippen LogP contribution in [-0.4, -0.2) is 21.8 Å². The summed E-state index contributed by atoms with van der Waals surface area (Å²) >= 11 is 1.38. The van der Waals surface area contributed by atoms with E-state index in [1.54, 1.807) is 30.3 Å². The van der Waals surface area contributed by atoms with Gasteiger partial charge in [-0.3, -0.25) is 10.1 Å². The van der Waals surface area contributed by atoms with E-state index in [9.17, 15) is 18.0 Å². The van der Waals surface area contributed by atoms with Crippen molar-refractivity contribution in [1.29, 1.82) is 0 Å². The number of amides is 1. The van der Waals surface area contributed by atoms with Gasteiger partial charge in [-0.25, -0.2) is 10.0 Å². The standard InChI is InChI=1S/C23H17F3N4O2S/c1-2-33-22-28-21(31)19-15-8-3-4-9-16(15)27-20(30(19)29-22)18-11-10-17(32-18)13-6-5-7-14(12-13)23(24,25)26/h3-12,20H,2H2,1H3,(H,28,29,31). The Morgan fingerprint density at radius 1 is 1.12 bits per heavy atom. The summed E-state index contributed by atoms with van der Waals surface area (Å²) in [7, 11) is 0. The molecule has 0 radical (unpaired) electrons. The molecule has 2 aliphatic heterocycles. The van der Waals surface area contributed by atoms with E-state index in [0.29, 0.717) is 38.5 Å². The lowest BCUT2D eigenvalue weighted by Crippen LogP contribution is -2.50. The van der Waals surface area contributed by atoms with Crippen LogP contribution in [0.3, 0.4) is 0 Å². The summed E-state index contributed by atoms with van der Waals surface area (Å²) in [5.41, 5.74) is -0.134. The van der Waals surface area contributed by atoms with E-state index in [-0.39, 0.29) is 11.7 Å². The van der Waals surface area contributed by atoms with Gasteiger partial charge in [0.15, 0.2) is 10.9 Å². The molecule has 1 unspecified atom stereocenters. The van der Waals surface area contributed by atoms with Gasteiger partial charge in [-0.05, 0) is 36.1 Å². The van der Waals surface area contributed by atoms with Crippen molar-refractivity contribution in [3.63, 3.8) is 0 Å². The molecule has 168 valence electrons. The number of rotatable bonds is 3. The minimum Gasteiger partial charge on any atom is -0.457 e. The molecule has 0 saturated heterocycles. The number of alkyl halides is 3. The molecular formula is C23H17F3N4O2S. The number of nitrogens with zero attached hydrogens (tertiary/aromatic N) is 3. The van der Waals surface area contributed by atoms with Gasteiger partial charge in [0.2, 0.25) is 6.17 Å². The molecule has 1 atom stereocenters. The Hall–Kier alpha value is -3.53. The second kappa shape index (κ2) is 8.11. The lowest BCUT2D eigenvalue weighted by molar-refractivity contribution is -0.137. The highest BCUT2D eigenvalue weighted by atomic mass is 32.2. The van der Waals surface area contributed by atoms with Crippen LogP contribution in [0.4, 0.5) is 13.2 Å². The Bertz CT molecular complexity index is 1400. The van der Waals surface area contributed by atoms with Gasteiger partial charge in [-0.15, -0.1) is 5.10 Å². The zero-order chi connectivity index (χ0) is 23.2. The van der Waals surface area contributed by atoms with Crippen molar-refractivity contribution in [1.82, 2.24) is 10.3 Å². The van der Waals surface area contributed by atoms with E-state index in [1.807, 2.05) is 19.1 Å². The predicted octanol–water partition coefficient (Wildman–Crippen LogP) is 3.86. The highest BCUT2D eigenvalue weighted by molar-refractivity contribution is 8.13. The van der Waals surface area contributed by atoms with Gasteiger partial charge in [-0.2, -0.15) is 13.2 Å². The zero-order valence-corrected chi connectivity index (χ0v) is 18.1. The molecule has 6 nitrogen and oxygen atoms in total. The van der Waals surface area contributed by atoms with Crippen LogP contribution in [0.15, 0.2) is 75.2 Å². The van der Waals surface area contributed by atoms with Crippen LogP contribution in [0.25, 0.3) is 17.0 Å². The maximum Gasteiger partial charge on any atom is 0.416 e. The van der Waals surface area contributed by atoms with Crippen molar-refractivity contribution in [2.45, 2.75) is 19.3 Å². The number of halogens is 3. The first-order valence-corrected chi connectivity index (χ1v) is 11.1. The van der Waals surface area contributed by atoms with Gasteiger partial charge >= 0.3 is 6.18 Å². The Labute approximate surface area is 190 Å². The number of nitrogens with one attached hydrogen (secondary N) is 1. The number of hydrogen-bond donors (Lipinski definition) is 1. The molecule has 0 fully saturated rings. The number of thioether (sulfide) groups is 1. The monoisotopic (exact) mass is 470 g/mol. The molecule has 2 aliphatic rings. The molecule has 33 heavy (non-hydrogen) atoms. The van der Waals surface area contributed by atoms with E-state index >= 15 is 0 Å². The molecule has 5 rings (SSSR count). The lowest BCUT2D eigenvalue weighted by atomic mass is 10.1. The number of carbonyl (C=O) groups excluding carboxylic acids is 1. The highest BCUT2D eigenvalue weighted by Gasteiger charge is 2.36. The molecular weight excluding hydrogens is 453 g/mol. The molecule has 0 aliphatic carbocycles. The number of para-hydroxylation sites is 1. The van der Waals surface area contributed by atoms with E-state index in [4.69, 9.17) is 9.41 Å². The molecule has 1 amide bonds. The molecule has 0 spiro atoms. The molecule has 3 aromatic rings. The van der Waals surface area contributed by atoms with Crippen molar-refractivity contribution in [2.75, 3.05) is 5.75 Å². The Balaban J connectivity index is 1.60. The van der Waals surface area contributed by atoms with Crippen LogP contribution in [0.5, 0.6) is 0 Å². The summed E-state index contributed by atoms with van der Waals surface area (Å²) < 4.78 is 45.3. The summed E-state index contributed by atoms with van der Waals surface area (Å²) in [6.07, 6.45) is -5.24. The number of carbonyl (C=O) groups is 1. The van der Waals surface area contributed by atoms with Crippen LogP contribution >= 0.6 is 11.8 Å². The smallest absolute Gasteiger partial charge is 0.416 e. The van der Waals surface area contributed by atoms with Gasteiger partial charge < -0.3 is 4.42 Å². The first kappa shape index (κ1) is 21.3. The molecule has 1 N–H and O–H groups in total. The summed E-state index contributed by atoms with van der Waals surface area (Å²) in [5.74, 6) is 1.02. The molecule has 10 heteroatoms. The maximum atomic E-state index is 13.1. The normalized spacial score (nSPS) is 17.6. The van der Waals surface area contributed by atoms with Crippen molar-refractivity contribution in [2.24, 2.45) is 10.1 Å². The maximum absolute atomic E-state index is 13.1. The Morgan fingerprint density at radius 3 is 2.73 bits per heavy atom. The van der Waals surface area contributed by atoms with Crippen molar-refractivity contribution in [3.8, 4) is 11.3 Å². The van der Waals surface area contributed by atoms with E-state index in [2.05, 4.69) is 10.4 Å². The number of benzene rings is 2. The summed E-state index contributed by atoms with van der Waals surface area (Å²) in [6.45, 7) is 1.94. The minimum atomic E-state index is -4.46. The second-order valence-electron chi connectivity index (χ2n) is 7.29. The quantitative estimate of drug-likeness (QED) is 0.631. The minimum absolute atomic E-state index is 0.264. The highest BCUT2D eigenvalue weighted by Crippen LogP contribution is 2.36. The molecule has 0 bridgehead atoms. The first-order valence-electron chi connectivity index (χ1n) is 10.1. The Kier molecular flexibility index (Phi) is 5.24. The molecule has 1 aromatic heterocycles. The third-order valence-electron chi connectivity index (χ3n) is 5.15. The molecule has 3 heterocycles. The van der Waals surface area contributed by atoms with Gasteiger partial charge in [0.1, 0.15) is 11.5 Å². The fourth-order valence-electron chi connectivity index (χ4n) is 3.71. The first-order chi connectivity index (χ1) is 15.8. The Morgan fingerprint density at radius 2 is 1.94 bits per heavy atom. The van der Waals surface area contributed by atoms with E-state index in [1.165, 1.54) is 22.8 Å². The predicted molar refractivity (Wildman–Crippen MR) is 118 cm³/mol. The average molecular weight is 470 g/mol. The largest absolute Gasteiger partial charge is 0.457 e. The fourth-order valence-corrected chi connectivity index (χ4v) is 4.29. The van der Waals surface area contributed by atoms with E-state index < -0.39 is 17.9 Å². The van der Waals surface area contributed by atoms with Crippen molar-refractivity contribution >= 4 is 28.5 Å². The van der Waals surface area contributed by atoms with Gasteiger partial charge in [0.05, 0.1) is 10.9 Å². The second-order valence-corrected chi connectivity index (χ2v) is 8.54. The number of fused-ring (bicyclic) bond motifs is 2. The van der Waals surface area contributed by atoms with Crippen LogP contribution in [-0.2, 0) is 11.0 Å². The molecule has 0 saturated carbocycles. The third kappa shape index (κ3) is 3.91. The average Bonchev–Trinajstić information content (AvgIpc) is 3.28. The van der Waals surface area contributed by atoms with Gasteiger partial charge in [0, 0.05) is 10.8 Å². The van der Waals surface area contributed by atoms with Crippen LogP contribution in [0, 0.1) is 0 Å². The topological polar surface area (TPSA) is 70.2 Å². The van der Waals surface area contributed by atoms with Crippen LogP contribution in [0.1, 0.15) is 24.4 Å². The van der Waals surface area contributed by atoms with Gasteiger partial charge in [-0.1, -0.05) is 49.0 Å².